The van der Waals surface area contributed by atoms with Gasteiger partial charge in [-0.25, -0.2) is 0 Å². The highest BCUT2D eigenvalue weighted by Gasteiger charge is 2.42. The fraction of sp³-hybridized carbons (Fsp3) is 0.571. The van der Waals surface area contributed by atoms with Gasteiger partial charge >= 0.3 is 0 Å². The van der Waals surface area contributed by atoms with Crippen LogP contribution in [0, 0.1) is 5.92 Å². The normalized spacial score (nSPS) is 25.5. The van der Waals surface area contributed by atoms with Crippen molar-refractivity contribution in [2.24, 2.45) is 5.92 Å². The minimum atomic E-state index is 0.0704. The Kier molecular flexibility index (Phi) is 4.86. The molecule has 0 saturated carbocycles. The molecular formula is C21H28BrN3O. The van der Waals surface area contributed by atoms with Crippen LogP contribution < -0.4 is 5.32 Å². The largest absolute Gasteiger partial charge is 0.353 e. The lowest BCUT2D eigenvalue weighted by Gasteiger charge is -2.45. The number of halogens is 1. The third-order valence-electron chi connectivity index (χ3n) is 6.50. The number of carbonyl (C=O) groups is 1. The molecule has 4 rings (SSSR count). The van der Waals surface area contributed by atoms with E-state index in [4.69, 9.17) is 0 Å². The minimum Gasteiger partial charge on any atom is -0.353 e. The number of hydrogen-bond donors (Lipinski definition) is 2. The summed E-state index contributed by atoms with van der Waals surface area (Å²) >= 11 is 3.71. The number of nitrogens with one attached hydrogen (secondary N) is 2. The van der Waals surface area contributed by atoms with Crippen LogP contribution in [0.5, 0.6) is 0 Å². The zero-order chi connectivity index (χ0) is 18.4. The van der Waals surface area contributed by atoms with Gasteiger partial charge in [-0.1, -0.05) is 26.0 Å². The third-order valence-corrected chi connectivity index (χ3v) is 7.18. The van der Waals surface area contributed by atoms with Crippen molar-refractivity contribution in [1.29, 1.82) is 0 Å². The summed E-state index contributed by atoms with van der Waals surface area (Å²) < 4.78 is 1.11. The van der Waals surface area contributed by atoms with Gasteiger partial charge in [0.15, 0.2) is 0 Å². The molecule has 3 atom stereocenters. The molecule has 4 nitrogen and oxygen atoms in total. The van der Waals surface area contributed by atoms with Crippen molar-refractivity contribution >= 4 is 32.7 Å². The molecular weight excluding hydrogens is 390 g/mol. The molecule has 1 unspecified atom stereocenters. The molecule has 1 aliphatic carbocycles. The Morgan fingerprint density at radius 3 is 2.88 bits per heavy atom. The van der Waals surface area contributed by atoms with Crippen molar-refractivity contribution in [1.82, 2.24) is 15.2 Å². The van der Waals surface area contributed by atoms with Crippen LogP contribution in [0.3, 0.4) is 0 Å². The maximum atomic E-state index is 12.9. The third kappa shape index (κ3) is 2.89. The Morgan fingerprint density at radius 2 is 2.15 bits per heavy atom. The predicted octanol–water partition coefficient (Wildman–Crippen LogP) is 4.20. The lowest BCUT2D eigenvalue weighted by atomic mass is 9.72. The number of likely N-dealkylation sites (tertiary alicyclic amines) is 1. The van der Waals surface area contributed by atoms with Crippen LogP contribution in [-0.2, 0) is 11.2 Å². The van der Waals surface area contributed by atoms with Crippen LogP contribution in [0.2, 0.25) is 0 Å². The average molecular weight is 418 g/mol. The number of hydrogen-bond acceptors (Lipinski definition) is 2. The Hall–Kier alpha value is -1.33. The van der Waals surface area contributed by atoms with Gasteiger partial charge in [0.2, 0.25) is 5.91 Å². The van der Waals surface area contributed by atoms with Gasteiger partial charge in [-0.15, -0.1) is 0 Å². The summed E-state index contributed by atoms with van der Waals surface area (Å²) in [5, 5.41) is 4.64. The zero-order valence-electron chi connectivity index (χ0n) is 15.8. The molecule has 2 heterocycles. The number of H-pyrrole nitrogens is 1. The highest BCUT2D eigenvalue weighted by Crippen LogP contribution is 2.46. The van der Waals surface area contributed by atoms with E-state index in [1.165, 1.54) is 22.0 Å². The Balaban J connectivity index is 1.65. The molecule has 26 heavy (non-hydrogen) atoms. The van der Waals surface area contributed by atoms with E-state index in [1.54, 1.807) is 0 Å². The predicted molar refractivity (Wildman–Crippen MR) is 109 cm³/mol. The van der Waals surface area contributed by atoms with E-state index in [2.05, 4.69) is 70.2 Å². The number of rotatable bonds is 4. The Bertz CT molecular complexity index is 826. The van der Waals surface area contributed by atoms with Crippen molar-refractivity contribution in [3.63, 3.8) is 0 Å². The molecule has 2 aliphatic rings. The van der Waals surface area contributed by atoms with Crippen molar-refractivity contribution in [2.75, 3.05) is 13.6 Å². The fourth-order valence-electron chi connectivity index (χ4n) is 4.99. The maximum Gasteiger partial charge on any atom is 0.224 e. The van der Waals surface area contributed by atoms with Gasteiger partial charge in [0.05, 0.1) is 10.5 Å². The van der Waals surface area contributed by atoms with Gasteiger partial charge in [-0.2, -0.15) is 0 Å². The summed E-state index contributed by atoms with van der Waals surface area (Å²) in [6.07, 6.45) is 3.98. The number of aromatic amines is 1. The van der Waals surface area contributed by atoms with Gasteiger partial charge in [-0.05, 0) is 65.9 Å². The molecule has 140 valence electrons. The van der Waals surface area contributed by atoms with Gasteiger partial charge in [-0.3, -0.25) is 4.79 Å². The quantitative estimate of drug-likeness (QED) is 0.782. The number of nitrogens with zero attached hydrogens (tertiary/aromatic N) is 1. The number of piperidine rings is 1. The molecule has 1 aliphatic heterocycles. The lowest BCUT2D eigenvalue weighted by Crippen LogP contribution is -2.52. The molecule has 1 aromatic heterocycles. The standard InChI is InChI=1S/C21H28BrN3O/c1-4-13(5-2)23-21(26)12-9-15-14-7-6-8-17-19(14)16(20(22)24-17)10-18(15)25(3)11-12/h6-8,12-13,15,18,24H,4-5,9-11H2,1-3H3,(H,23,26)/t12-,15?,18-/m1/s1. The highest BCUT2D eigenvalue weighted by molar-refractivity contribution is 9.10. The summed E-state index contributed by atoms with van der Waals surface area (Å²) in [7, 11) is 2.18. The lowest BCUT2D eigenvalue weighted by molar-refractivity contribution is -0.128. The summed E-state index contributed by atoms with van der Waals surface area (Å²) in [4.78, 5) is 18.8. The molecule has 1 saturated heterocycles. The molecule has 2 N–H and O–H groups in total. The maximum absolute atomic E-state index is 12.9. The summed E-state index contributed by atoms with van der Waals surface area (Å²) in [6, 6.07) is 7.32. The molecule has 1 fully saturated rings. The molecule has 0 bridgehead atoms. The zero-order valence-corrected chi connectivity index (χ0v) is 17.4. The van der Waals surface area contributed by atoms with Crippen LogP contribution in [0.1, 0.15) is 50.2 Å². The van der Waals surface area contributed by atoms with Crippen LogP contribution >= 0.6 is 15.9 Å². The van der Waals surface area contributed by atoms with E-state index in [0.29, 0.717) is 18.0 Å². The number of likely N-dealkylation sites (N-methyl/N-ethyl adjacent to an activating group) is 1. The second-order valence-corrected chi connectivity index (χ2v) is 8.75. The Morgan fingerprint density at radius 1 is 1.38 bits per heavy atom. The molecule has 1 amide bonds. The second-order valence-electron chi connectivity index (χ2n) is 7.96. The molecule has 0 radical (unpaired) electrons. The first-order chi connectivity index (χ1) is 12.5. The molecule has 0 spiro atoms. The van der Waals surface area contributed by atoms with Crippen LogP contribution in [-0.4, -0.2) is 41.5 Å². The SMILES string of the molecule is CCC(CC)NC(=O)[C@@H]1CC2c3cccc4[nH]c(Br)c(c34)C[C@H]2N(C)C1. The number of benzene rings is 1. The first kappa shape index (κ1) is 18.1. The summed E-state index contributed by atoms with van der Waals surface area (Å²) in [5.41, 5.74) is 4.00. The number of fused-ring (bicyclic) bond motifs is 2. The van der Waals surface area contributed by atoms with E-state index in [-0.39, 0.29) is 11.8 Å². The molecule has 2 aromatic rings. The molecule has 5 heteroatoms. The van der Waals surface area contributed by atoms with Crippen LogP contribution in [0.4, 0.5) is 0 Å². The number of aromatic nitrogens is 1. The first-order valence-corrected chi connectivity index (χ1v) is 10.6. The van der Waals surface area contributed by atoms with E-state index >= 15 is 0 Å². The van der Waals surface area contributed by atoms with Crippen molar-refractivity contribution in [3.8, 4) is 0 Å². The number of amides is 1. The van der Waals surface area contributed by atoms with Gasteiger partial charge < -0.3 is 15.2 Å². The first-order valence-electron chi connectivity index (χ1n) is 9.83. The van der Waals surface area contributed by atoms with E-state index < -0.39 is 0 Å². The average Bonchev–Trinajstić information content (AvgIpc) is 2.97. The van der Waals surface area contributed by atoms with E-state index in [1.807, 2.05) is 0 Å². The van der Waals surface area contributed by atoms with Crippen molar-refractivity contribution in [2.45, 2.75) is 57.5 Å². The van der Waals surface area contributed by atoms with Crippen LogP contribution in [0.15, 0.2) is 22.8 Å². The van der Waals surface area contributed by atoms with Crippen molar-refractivity contribution < 1.29 is 4.79 Å². The van der Waals surface area contributed by atoms with Gasteiger partial charge in [0, 0.05) is 35.4 Å². The van der Waals surface area contributed by atoms with E-state index in [9.17, 15) is 4.79 Å². The molecule has 1 aromatic carbocycles. The minimum absolute atomic E-state index is 0.0704. The topological polar surface area (TPSA) is 48.1 Å². The smallest absolute Gasteiger partial charge is 0.224 e. The highest BCUT2D eigenvalue weighted by atomic mass is 79.9. The number of carbonyl (C=O) groups excluding carboxylic acids is 1. The van der Waals surface area contributed by atoms with Gasteiger partial charge in [0.1, 0.15) is 0 Å². The van der Waals surface area contributed by atoms with E-state index in [0.717, 1.165) is 36.8 Å². The summed E-state index contributed by atoms with van der Waals surface area (Å²) in [5.74, 6) is 0.725. The Labute approximate surface area is 163 Å². The monoisotopic (exact) mass is 417 g/mol. The summed E-state index contributed by atoms with van der Waals surface area (Å²) in [6.45, 7) is 5.13. The van der Waals surface area contributed by atoms with Crippen LogP contribution in [0.25, 0.3) is 10.9 Å². The second kappa shape index (κ2) is 7.01. The fourth-order valence-corrected chi connectivity index (χ4v) is 5.56. The van der Waals surface area contributed by atoms with Gasteiger partial charge in [0.25, 0.3) is 0 Å². The van der Waals surface area contributed by atoms with Crippen molar-refractivity contribution in [3.05, 3.63) is 33.9 Å².